The number of nitrogens with one attached hydrogen (secondary N) is 1. The summed E-state index contributed by atoms with van der Waals surface area (Å²) in [5.41, 5.74) is 4.45. The fraction of sp³-hybridized carbons (Fsp3) is 0.355. The van der Waals surface area contributed by atoms with Gasteiger partial charge in [0, 0.05) is 32.8 Å². The van der Waals surface area contributed by atoms with Gasteiger partial charge in [0.2, 0.25) is 5.91 Å². The van der Waals surface area contributed by atoms with E-state index in [1.807, 2.05) is 35.8 Å². The molecule has 43 heavy (non-hydrogen) atoms. The molecule has 1 N–H and O–H groups in total. The summed E-state index contributed by atoms with van der Waals surface area (Å²) in [5.74, 6) is 2.23. The van der Waals surface area contributed by atoms with Crippen molar-refractivity contribution in [3.05, 3.63) is 80.7 Å². The predicted octanol–water partition coefficient (Wildman–Crippen LogP) is 5.63. The number of carbonyl (C=O) groups is 1. The zero-order chi connectivity index (χ0) is 29.9. The van der Waals surface area contributed by atoms with Gasteiger partial charge in [0.1, 0.15) is 30.1 Å². The van der Waals surface area contributed by atoms with Gasteiger partial charge in [0.05, 0.1) is 38.6 Å². The number of carbonyl (C=O) groups excluding carboxylic acids is 1. The Kier molecular flexibility index (Phi) is 8.75. The fourth-order valence-electron chi connectivity index (χ4n) is 5.08. The third-order valence-corrected chi connectivity index (χ3v) is 8.75. The lowest BCUT2D eigenvalue weighted by molar-refractivity contribution is -0.116. The summed E-state index contributed by atoms with van der Waals surface area (Å²) in [6.07, 6.45) is 0.0574. The molecule has 0 bridgehead atoms. The van der Waals surface area contributed by atoms with Crippen molar-refractivity contribution in [3.8, 4) is 16.5 Å². The molecule has 0 saturated carbocycles. The van der Waals surface area contributed by atoms with Gasteiger partial charge in [-0.05, 0) is 50.6 Å². The van der Waals surface area contributed by atoms with Crippen LogP contribution in [0.15, 0.2) is 47.5 Å². The molecule has 1 atom stereocenters. The number of fused-ring (bicyclic) bond motifs is 4. The molecule has 2 aromatic carbocycles. The van der Waals surface area contributed by atoms with Crippen LogP contribution in [0.2, 0.25) is 5.02 Å². The minimum atomic E-state index is -0.577. The van der Waals surface area contributed by atoms with E-state index in [0.717, 1.165) is 33.2 Å². The lowest BCUT2D eigenvalue weighted by atomic mass is 9.99. The molecule has 0 spiro atoms. The summed E-state index contributed by atoms with van der Waals surface area (Å²) in [6.45, 7) is 8.70. The highest BCUT2D eigenvalue weighted by Crippen LogP contribution is 2.40. The van der Waals surface area contributed by atoms with Gasteiger partial charge < -0.3 is 24.3 Å². The molecule has 2 aliphatic rings. The predicted molar refractivity (Wildman–Crippen MR) is 166 cm³/mol. The minimum Gasteiger partial charge on any atom is -0.487 e. The molecule has 0 saturated heterocycles. The molecule has 0 radical (unpaired) electrons. The average Bonchev–Trinajstić information content (AvgIpc) is 3.46. The topological polar surface area (TPSA) is 109 Å². The van der Waals surface area contributed by atoms with E-state index in [1.165, 1.54) is 4.88 Å². The third kappa shape index (κ3) is 6.30. The number of benzene rings is 2. The van der Waals surface area contributed by atoms with Gasteiger partial charge in [-0.2, -0.15) is 0 Å². The van der Waals surface area contributed by atoms with Crippen LogP contribution in [0.1, 0.15) is 45.7 Å². The summed E-state index contributed by atoms with van der Waals surface area (Å²) < 4.78 is 24.8. The number of anilines is 1. The fourth-order valence-corrected chi connectivity index (χ4v) is 6.42. The van der Waals surface area contributed by atoms with E-state index >= 15 is 0 Å². The van der Waals surface area contributed by atoms with Crippen molar-refractivity contribution >= 4 is 40.2 Å². The zero-order valence-electron chi connectivity index (χ0n) is 24.2. The number of thiophene rings is 1. The van der Waals surface area contributed by atoms with Crippen LogP contribution in [0.5, 0.6) is 11.5 Å². The Bertz CT molecular complexity index is 1670. The van der Waals surface area contributed by atoms with E-state index < -0.39 is 6.04 Å². The van der Waals surface area contributed by atoms with E-state index in [2.05, 4.69) is 29.4 Å². The summed E-state index contributed by atoms with van der Waals surface area (Å²) >= 11 is 7.89. The third-order valence-electron chi connectivity index (χ3n) is 7.31. The van der Waals surface area contributed by atoms with Crippen molar-refractivity contribution in [1.82, 2.24) is 14.8 Å². The smallest absolute Gasteiger partial charge is 0.227 e. The molecular weight excluding hydrogens is 590 g/mol. The second-order valence-corrected chi connectivity index (χ2v) is 11.9. The first-order valence-electron chi connectivity index (χ1n) is 14.1. The highest BCUT2D eigenvalue weighted by Gasteiger charge is 2.32. The van der Waals surface area contributed by atoms with Crippen LogP contribution in [0, 0.1) is 20.8 Å². The maximum atomic E-state index is 13.5. The maximum Gasteiger partial charge on any atom is 0.227 e. The molecule has 0 aliphatic carbocycles. The molecule has 2 aliphatic heterocycles. The van der Waals surface area contributed by atoms with Gasteiger partial charge in [-0.3, -0.25) is 14.4 Å². The Balaban J connectivity index is 1.30. The molecule has 0 unspecified atom stereocenters. The summed E-state index contributed by atoms with van der Waals surface area (Å²) in [6, 6.07) is 12.4. The monoisotopic (exact) mass is 621 g/mol. The number of amides is 1. The van der Waals surface area contributed by atoms with Crippen LogP contribution >= 0.6 is 22.9 Å². The Labute approximate surface area is 258 Å². The highest BCUT2D eigenvalue weighted by molar-refractivity contribution is 7.15. The van der Waals surface area contributed by atoms with Crippen molar-refractivity contribution in [3.63, 3.8) is 0 Å². The van der Waals surface area contributed by atoms with Crippen molar-refractivity contribution in [1.29, 1.82) is 0 Å². The van der Waals surface area contributed by atoms with Crippen molar-refractivity contribution < 1.29 is 23.7 Å². The first kappa shape index (κ1) is 29.3. The summed E-state index contributed by atoms with van der Waals surface area (Å²) in [4.78, 5) is 19.9. The van der Waals surface area contributed by atoms with Crippen LogP contribution in [-0.4, -0.2) is 66.0 Å². The highest BCUT2D eigenvalue weighted by atomic mass is 35.5. The lowest BCUT2D eigenvalue weighted by Gasteiger charge is -2.17. The lowest BCUT2D eigenvalue weighted by Crippen LogP contribution is -2.18. The van der Waals surface area contributed by atoms with Crippen LogP contribution in [0.4, 0.5) is 5.69 Å². The molecular formula is C31H32ClN5O5S. The Morgan fingerprint density at radius 1 is 0.953 bits per heavy atom. The zero-order valence-corrected chi connectivity index (χ0v) is 25.8. The van der Waals surface area contributed by atoms with Crippen molar-refractivity contribution in [2.75, 3.05) is 45.0 Å². The number of aliphatic imine (C=N–C) groups is 1. The van der Waals surface area contributed by atoms with Gasteiger partial charge >= 0.3 is 0 Å². The van der Waals surface area contributed by atoms with E-state index in [9.17, 15) is 4.79 Å². The van der Waals surface area contributed by atoms with E-state index in [1.54, 1.807) is 29.5 Å². The molecule has 4 aromatic rings. The van der Waals surface area contributed by atoms with Crippen LogP contribution in [-0.2, 0) is 14.3 Å². The number of aryl methyl sites for hydroxylation is 2. The molecule has 12 heteroatoms. The standard InChI is InChI=1S/C31H32ClN5O5S/c1-18-19(2)43-31-28(18)29(21-4-6-22(32)7-5-21)34-24(30-36-35-20(3)37(30)31)17-27(38)33-23-8-9-25-26(16-23)42-15-13-40-11-10-39-12-14-41-25/h4-9,16,24H,10-15,17H2,1-3H3,(H,33,38)/t24-/m0/s1. The largest absolute Gasteiger partial charge is 0.487 e. The number of hydrogen-bond donors (Lipinski definition) is 1. The molecule has 4 heterocycles. The number of rotatable bonds is 4. The Morgan fingerprint density at radius 3 is 2.40 bits per heavy atom. The molecule has 6 rings (SSSR count). The molecule has 10 nitrogen and oxygen atoms in total. The number of hydrogen-bond acceptors (Lipinski definition) is 9. The van der Waals surface area contributed by atoms with Crippen molar-refractivity contribution in [2.45, 2.75) is 33.2 Å². The number of ether oxygens (including phenoxy) is 4. The van der Waals surface area contributed by atoms with Crippen LogP contribution < -0.4 is 14.8 Å². The SMILES string of the molecule is Cc1sc2c(c1C)C(c1ccc(Cl)cc1)=N[C@@H](CC(=O)Nc1ccc3c(c1)OCCOCCOCCO3)c1nnc(C)n1-2. The molecule has 0 fully saturated rings. The summed E-state index contributed by atoms with van der Waals surface area (Å²) in [7, 11) is 0. The normalized spacial score (nSPS) is 17.0. The number of nitrogens with zero attached hydrogens (tertiary/aromatic N) is 4. The summed E-state index contributed by atoms with van der Waals surface area (Å²) in [5, 5.41) is 13.5. The van der Waals surface area contributed by atoms with Gasteiger partial charge in [-0.25, -0.2) is 0 Å². The van der Waals surface area contributed by atoms with E-state index in [0.29, 0.717) is 67.7 Å². The van der Waals surface area contributed by atoms with Gasteiger partial charge in [-0.15, -0.1) is 21.5 Å². The second-order valence-electron chi connectivity index (χ2n) is 10.2. The van der Waals surface area contributed by atoms with Crippen LogP contribution in [0.25, 0.3) is 5.00 Å². The van der Waals surface area contributed by atoms with E-state index in [4.69, 9.17) is 35.5 Å². The van der Waals surface area contributed by atoms with Gasteiger partial charge in [0.15, 0.2) is 17.3 Å². The number of aromatic nitrogens is 3. The molecule has 2 aromatic heterocycles. The van der Waals surface area contributed by atoms with Crippen molar-refractivity contribution in [2.24, 2.45) is 4.99 Å². The van der Waals surface area contributed by atoms with Gasteiger partial charge in [0.25, 0.3) is 0 Å². The number of halogens is 1. The first-order chi connectivity index (χ1) is 20.9. The van der Waals surface area contributed by atoms with E-state index in [-0.39, 0.29) is 12.3 Å². The maximum absolute atomic E-state index is 13.5. The molecule has 1 amide bonds. The van der Waals surface area contributed by atoms with Crippen LogP contribution in [0.3, 0.4) is 0 Å². The second kappa shape index (κ2) is 12.8. The Hall–Kier alpha value is -3.77. The minimum absolute atomic E-state index is 0.0574. The first-order valence-corrected chi connectivity index (χ1v) is 15.3. The van der Waals surface area contributed by atoms with Gasteiger partial charge in [-0.1, -0.05) is 23.7 Å². The quantitative estimate of drug-likeness (QED) is 0.314. The molecule has 224 valence electrons. The Morgan fingerprint density at radius 2 is 1.65 bits per heavy atom. The average molecular weight is 622 g/mol.